The summed E-state index contributed by atoms with van der Waals surface area (Å²) in [6.07, 6.45) is 66.9. The molecular weight excluding hydrogens is 1320 g/mol. The maximum Gasteiger partial charge on any atom is 0.472 e. The monoisotopic (exact) mass is 1480 g/mol. The van der Waals surface area contributed by atoms with Gasteiger partial charge in [-0.1, -0.05) is 388 Å². The molecule has 17 nitrogen and oxygen atoms in total. The second-order valence-electron chi connectivity index (χ2n) is 30.0. The van der Waals surface area contributed by atoms with Crippen LogP contribution in [-0.2, 0) is 65.4 Å². The van der Waals surface area contributed by atoms with E-state index < -0.39 is 97.5 Å². The Hall–Kier alpha value is -1.94. The zero-order chi connectivity index (χ0) is 74.1. The van der Waals surface area contributed by atoms with Crippen LogP contribution in [0.4, 0.5) is 0 Å². The molecule has 101 heavy (non-hydrogen) atoms. The summed E-state index contributed by atoms with van der Waals surface area (Å²) in [4.78, 5) is 73.0. The van der Waals surface area contributed by atoms with Gasteiger partial charge in [0.25, 0.3) is 0 Å². The van der Waals surface area contributed by atoms with E-state index in [1.54, 1.807) is 0 Å². The zero-order valence-corrected chi connectivity index (χ0v) is 67.8. The minimum Gasteiger partial charge on any atom is -0.462 e. The van der Waals surface area contributed by atoms with Crippen molar-refractivity contribution in [1.29, 1.82) is 0 Å². The molecule has 600 valence electrons. The van der Waals surface area contributed by atoms with E-state index >= 15 is 0 Å². The molecule has 0 fully saturated rings. The molecule has 2 unspecified atom stereocenters. The summed E-state index contributed by atoms with van der Waals surface area (Å²) in [7, 11) is -9.92. The third kappa shape index (κ3) is 76.1. The highest BCUT2D eigenvalue weighted by Gasteiger charge is 2.30. The molecule has 0 aliphatic carbocycles. The number of ether oxygens (including phenoxy) is 4. The first kappa shape index (κ1) is 99.1. The Kier molecular flexibility index (Phi) is 73.5. The third-order valence-corrected chi connectivity index (χ3v) is 21.2. The predicted octanol–water partition coefficient (Wildman–Crippen LogP) is 24.8. The maximum atomic E-state index is 13.1. The molecule has 0 amide bonds. The molecule has 5 atom stereocenters. The Morgan fingerprint density at radius 1 is 0.267 bits per heavy atom. The second kappa shape index (κ2) is 74.9. The van der Waals surface area contributed by atoms with Gasteiger partial charge in [-0.05, 0) is 31.6 Å². The molecule has 0 bridgehead atoms. The highest BCUT2D eigenvalue weighted by Crippen LogP contribution is 2.45. The summed E-state index contributed by atoms with van der Waals surface area (Å²) >= 11 is 0. The van der Waals surface area contributed by atoms with Crippen molar-refractivity contribution >= 4 is 39.5 Å². The van der Waals surface area contributed by atoms with Gasteiger partial charge in [-0.15, -0.1) is 0 Å². The van der Waals surface area contributed by atoms with Gasteiger partial charge < -0.3 is 33.8 Å². The normalized spacial score (nSPS) is 13.8. The van der Waals surface area contributed by atoms with E-state index in [1.165, 1.54) is 257 Å². The first-order valence-corrected chi connectivity index (χ1v) is 45.6. The van der Waals surface area contributed by atoms with Crippen LogP contribution in [0.15, 0.2) is 0 Å². The molecular formula is C82H160O17P2. The molecule has 0 aliphatic rings. The van der Waals surface area contributed by atoms with Crippen molar-refractivity contribution in [2.45, 2.75) is 457 Å². The molecule has 0 spiro atoms. The SMILES string of the molecule is CCCCCCCCCCCCCCCCCCCCCCCC(=O)O[C@H](COC(=O)CCCCCCCCCCCCCCCCCCC)COP(=O)(O)OC[C@@H](O)COP(=O)(O)OC[C@@H](COC(=O)CCCCCCCCC(C)C)OC(=O)CCCCCCCCCCCCCCCC. The number of carbonyl (C=O) groups excluding carboxylic acids is 4. The first-order chi connectivity index (χ1) is 49.0. The summed E-state index contributed by atoms with van der Waals surface area (Å²) in [5, 5.41) is 10.6. The van der Waals surface area contributed by atoms with Gasteiger partial charge in [0.05, 0.1) is 26.4 Å². The summed E-state index contributed by atoms with van der Waals surface area (Å²) < 4.78 is 68.7. The fraction of sp³-hybridized carbons (Fsp3) is 0.951. The van der Waals surface area contributed by atoms with E-state index in [-0.39, 0.29) is 25.7 Å². The lowest BCUT2D eigenvalue weighted by molar-refractivity contribution is -0.161. The number of hydrogen-bond acceptors (Lipinski definition) is 15. The zero-order valence-electron chi connectivity index (χ0n) is 66.1. The second-order valence-corrected chi connectivity index (χ2v) is 32.9. The minimum absolute atomic E-state index is 0.107. The van der Waals surface area contributed by atoms with Crippen LogP contribution in [0.25, 0.3) is 0 Å². The van der Waals surface area contributed by atoms with Crippen LogP contribution in [0.5, 0.6) is 0 Å². The van der Waals surface area contributed by atoms with Gasteiger partial charge in [-0.25, -0.2) is 9.13 Å². The summed E-state index contributed by atoms with van der Waals surface area (Å²) in [5.41, 5.74) is 0. The van der Waals surface area contributed by atoms with Gasteiger partial charge in [0.1, 0.15) is 19.3 Å². The summed E-state index contributed by atoms with van der Waals surface area (Å²) in [6, 6.07) is 0. The molecule has 0 radical (unpaired) electrons. The van der Waals surface area contributed by atoms with Gasteiger partial charge in [0.15, 0.2) is 12.2 Å². The van der Waals surface area contributed by atoms with Crippen LogP contribution in [0.3, 0.4) is 0 Å². The molecule has 0 heterocycles. The average molecular weight is 1480 g/mol. The Labute approximate surface area is 619 Å². The van der Waals surface area contributed by atoms with Gasteiger partial charge in [-0.2, -0.15) is 0 Å². The van der Waals surface area contributed by atoms with Crippen LogP contribution < -0.4 is 0 Å². The largest absolute Gasteiger partial charge is 0.472 e. The quantitative estimate of drug-likeness (QED) is 0.0222. The average Bonchev–Trinajstić information content (AvgIpc) is 0.934. The maximum absolute atomic E-state index is 13.1. The molecule has 3 N–H and O–H groups in total. The number of rotatable bonds is 82. The number of esters is 4. The number of phosphoric acid groups is 2. The van der Waals surface area contributed by atoms with Crippen molar-refractivity contribution < 1.29 is 80.2 Å². The van der Waals surface area contributed by atoms with Crippen molar-refractivity contribution in [3.8, 4) is 0 Å². The number of aliphatic hydroxyl groups is 1. The summed E-state index contributed by atoms with van der Waals surface area (Å²) in [6.45, 7) is 7.25. The van der Waals surface area contributed by atoms with Gasteiger partial charge in [0, 0.05) is 25.7 Å². The predicted molar refractivity (Wildman–Crippen MR) is 414 cm³/mol. The van der Waals surface area contributed by atoms with E-state index in [4.69, 9.17) is 37.0 Å². The Balaban J connectivity index is 5.20. The third-order valence-electron chi connectivity index (χ3n) is 19.3. The highest BCUT2D eigenvalue weighted by molar-refractivity contribution is 7.47. The summed E-state index contributed by atoms with van der Waals surface area (Å²) in [5.74, 6) is -1.43. The van der Waals surface area contributed by atoms with E-state index in [0.29, 0.717) is 31.6 Å². The lowest BCUT2D eigenvalue weighted by atomic mass is 10.0. The van der Waals surface area contributed by atoms with Crippen LogP contribution >= 0.6 is 15.6 Å². The first-order valence-electron chi connectivity index (χ1n) is 42.6. The molecule has 0 saturated carbocycles. The molecule has 0 aromatic heterocycles. The molecule has 0 aliphatic heterocycles. The lowest BCUT2D eigenvalue weighted by Gasteiger charge is -2.21. The van der Waals surface area contributed by atoms with Crippen molar-refractivity contribution in [3.05, 3.63) is 0 Å². The van der Waals surface area contributed by atoms with Crippen LogP contribution in [0, 0.1) is 5.92 Å². The Morgan fingerprint density at radius 2 is 0.455 bits per heavy atom. The molecule has 19 heteroatoms. The Bertz CT molecular complexity index is 1930. The van der Waals surface area contributed by atoms with E-state index in [1.807, 2.05) is 0 Å². The van der Waals surface area contributed by atoms with Gasteiger partial charge >= 0.3 is 39.5 Å². The lowest BCUT2D eigenvalue weighted by Crippen LogP contribution is -2.30. The van der Waals surface area contributed by atoms with Gasteiger partial charge in [0.2, 0.25) is 0 Å². The van der Waals surface area contributed by atoms with E-state index in [2.05, 4.69) is 34.6 Å². The Morgan fingerprint density at radius 3 is 0.673 bits per heavy atom. The number of aliphatic hydroxyl groups excluding tert-OH is 1. The van der Waals surface area contributed by atoms with Crippen LogP contribution in [0.2, 0.25) is 0 Å². The molecule has 0 aromatic carbocycles. The minimum atomic E-state index is -4.96. The fourth-order valence-corrected chi connectivity index (χ4v) is 14.3. The number of unbranched alkanes of at least 4 members (excludes halogenated alkanes) is 54. The van der Waals surface area contributed by atoms with E-state index in [0.717, 1.165) is 96.3 Å². The number of phosphoric ester groups is 2. The van der Waals surface area contributed by atoms with E-state index in [9.17, 15) is 43.2 Å². The topological polar surface area (TPSA) is 237 Å². The van der Waals surface area contributed by atoms with Crippen molar-refractivity contribution in [3.63, 3.8) is 0 Å². The standard InChI is InChI=1S/C82H160O17P2/c1-6-9-12-15-18-21-24-27-30-32-33-34-35-37-39-42-45-48-51-58-63-68-81(86)98-77(71-92-79(84)65-60-55-49-46-43-41-38-36-31-28-25-22-19-16-13-10-7-2)73-96-100(88,89)94-69-76(83)70-95-101(90,91)97-74-78(72-93-80(85)66-61-56-53-52-54-59-64-75(4)5)99-82(87)67-62-57-50-47-44-40-29-26-23-20-17-14-11-8-3/h75-78,83H,6-74H2,1-5H3,(H,88,89)(H,90,91)/t76-,77-,78-/m1/s1. The van der Waals surface area contributed by atoms with Crippen molar-refractivity contribution in [1.82, 2.24) is 0 Å². The smallest absolute Gasteiger partial charge is 0.462 e. The van der Waals surface area contributed by atoms with Gasteiger partial charge in [-0.3, -0.25) is 37.3 Å². The number of hydrogen-bond donors (Lipinski definition) is 3. The molecule has 0 rings (SSSR count). The van der Waals surface area contributed by atoms with Crippen LogP contribution in [-0.4, -0.2) is 96.7 Å². The van der Waals surface area contributed by atoms with Crippen molar-refractivity contribution in [2.24, 2.45) is 5.92 Å². The fourth-order valence-electron chi connectivity index (χ4n) is 12.8. The molecule has 0 aromatic rings. The molecule has 0 saturated heterocycles. The van der Waals surface area contributed by atoms with Crippen LogP contribution in [0.1, 0.15) is 439 Å². The highest BCUT2D eigenvalue weighted by atomic mass is 31.2. The number of carbonyl (C=O) groups is 4. The van der Waals surface area contributed by atoms with Crippen molar-refractivity contribution in [2.75, 3.05) is 39.6 Å².